The molecular weight excluding hydrogens is 226 g/mol. The quantitative estimate of drug-likeness (QED) is 0.616. The van der Waals surface area contributed by atoms with E-state index in [4.69, 9.17) is 22.7 Å². The Kier molecular flexibility index (Phi) is 5.50. The third kappa shape index (κ3) is 3.94. The molecule has 0 bridgehead atoms. The van der Waals surface area contributed by atoms with Gasteiger partial charge >= 0.3 is 0 Å². The van der Waals surface area contributed by atoms with Crippen molar-refractivity contribution in [1.82, 2.24) is 0 Å². The van der Waals surface area contributed by atoms with Gasteiger partial charge in [0.15, 0.2) is 0 Å². The van der Waals surface area contributed by atoms with Crippen molar-refractivity contribution in [3.8, 4) is 0 Å². The van der Waals surface area contributed by atoms with Gasteiger partial charge in [0.2, 0.25) is 0 Å². The molecule has 0 aliphatic heterocycles. The molecule has 1 rings (SSSR count). The Balaban J connectivity index is 0.00000169. The maximum absolute atomic E-state index is 12.7. The van der Waals surface area contributed by atoms with Crippen molar-refractivity contribution in [3.05, 3.63) is 34.6 Å². The molecule has 0 aliphatic rings. The fourth-order valence-corrected chi connectivity index (χ4v) is 1.18. The van der Waals surface area contributed by atoms with Crippen LogP contribution in [0.4, 0.5) is 4.39 Å². The molecule has 1 aromatic carbocycles. The standard InChI is InChI=1S/C9H10ClFN2.ClH/c10-7-5-6(1-3-8(7)11)2-4-9(12)13;/h1,3,5H,2,4H2,(H3,12,13);1H. The van der Waals surface area contributed by atoms with Gasteiger partial charge in [-0.25, -0.2) is 4.39 Å². The molecule has 0 heterocycles. The van der Waals surface area contributed by atoms with Gasteiger partial charge in [-0.15, -0.1) is 12.4 Å². The van der Waals surface area contributed by atoms with Crippen molar-refractivity contribution in [2.75, 3.05) is 0 Å². The number of halogens is 3. The van der Waals surface area contributed by atoms with Crippen LogP contribution in [0.1, 0.15) is 12.0 Å². The first-order valence-corrected chi connectivity index (χ1v) is 4.24. The van der Waals surface area contributed by atoms with E-state index in [1.165, 1.54) is 6.07 Å². The molecule has 0 fully saturated rings. The highest BCUT2D eigenvalue weighted by molar-refractivity contribution is 6.30. The van der Waals surface area contributed by atoms with Crippen molar-refractivity contribution < 1.29 is 4.39 Å². The lowest BCUT2D eigenvalue weighted by atomic mass is 10.1. The Morgan fingerprint density at radius 1 is 1.50 bits per heavy atom. The smallest absolute Gasteiger partial charge is 0.141 e. The summed E-state index contributed by atoms with van der Waals surface area (Å²) >= 11 is 5.57. The third-order valence-electron chi connectivity index (χ3n) is 1.67. The van der Waals surface area contributed by atoms with E-state index in [2.05, 4.69) is 0 Å². The summed E-state index contributed by atoms with van der Waals surface area (Å²) < 4.78 is 12.7. The minimum absolute atomic E-state index is 0. The van der Waals surface area contributed by atoms with Crippen LogP contribution in [0.5, 0.6) is 0 Å². The SMILES string of the molecule is Cl.N=C(N)CCc1ccc(F)c(Cl)c1. The van der Waals surface area contributed by atoms with Gasteiger partial charge in [0, 0.05) is 6.42 Å². The van der Waals surface area contributed by atoms with Crippen molar-refractivity contribution in [2.45, 2.75) is 12.8 Å². The number of rotatable bonds is 3. The average Bonchev–Trinajstić information content (AvgIpc) is 2.07. The molecule has 0 amide bonds. The highest BCUT2D eigenvalue weighted by atomic mass is 35.5. The molecule has 0 spiro atoms. The number of nitrogens with two attached hydrogens (primary N) is 1. The number of amidine groups is 1. The van der Waals surface area contributed by atoms with E-state index in [9.17, 15) is 4.39 Å². The van der Waals surface area contributed by atoms with Gasteiger partial charge in [0.05, 0.1) is 10.9 Å². The van der Waals surface area contributed by atoms with E-state index >= 15 is 0 Å². The second kappa shape index (κ2) is 5.83. The maximum atomic E-state index is 12.7. The molecule has 5 heteroatoms. The van der Waals surface area contributed by atoms with Gasteiger partial charge in [-0.3, -0.25) is 5.41 Å². The fourth-order valence-electron chi connectivity index (χ4n) is 0.974. The number of aryl methyl sites for hydroxylation is 1. The molecule has 0 saturated heterocycles. The predicted molar refractivity (Wildman–Crippen MR) is 58.9 cm³/mol. The zero-order valence-electron chi connectivity index (χ0n) is 7.39. The minimum atomic E-state index is -0.423. The van der Waals surface area contributed by atoms with E-state index in [0.717, 1.165) is 5.56 Å². The summed E-state index contributed by atoms with van der Waals surface area (Å²) in [5.74, 6) is -0.298. The summed E-state index contributed by atoms with van der Waals surface area (Å²) in [5, 5.41) is 7.12. The monoisotopic (exact) mass is 236 g/mol. The molecule has 0 aromatic heterocycles. The van der Waals surface area contributed by atoms with Gasteiger partial charge in [-0.1, -0.05) is 17.7 Å². The zero-order valence-corrected chi connectivity index (χ0v) is 8.96. The molecule has 0 atom stereocenters. The van der Waals surface area contributed by atoms with Crippen LogP contribution in [0.3, 0.4) is 0 Å². The van der Waals surface area contributed by atoms with Crippen LogP contribution >= 0.6 is 24.0 Å². The van der Waals surface area contributed by atoms with E-state index in [1.807, 2.05) is 0 Å². The van der Waals surface area contributed by atoms with E-state index < -0.39 is 5.82 Å². The van der Waals surface area contributed by atoms with Gasteiger partial charge in [0.1, 0.15) is 5.82 Å². The molecule has 0 aliphatic carbocycles. The summed E-state index contributed by atoms with van der Waals surface area (Å²) in [6.07, 6.45) is 1.09. The summed E-state index contributed by atoms with van der Waals surface area (Å²) in [5.41, 5.74) is 6.07. The lowest BCUT2D eigenvalue weighted by molar-refractivity contribution is 0.627. The van der Waals surface area contributed by atoms with Crippen molar-refractivity contribution in [1.29, 1.82) is 5.41 Å². The molecule has 2 nitrogen and oxygen atoms in total. The number of hydrogen-bond acceptors (Lipinski definition) is 1. The molecular formula is C9H11Cl2FN2. The van der Waals surface area contributed by atoms with Crippen LogP contribution in [0.25, 0.3) is 0 Å². The summed E-state index contributed by atoms with van der Waals surface area (Å²) in [7, 11) is 0. The molecule has 0 saturated carbocycles. The van der Waals surface area contributed by atoms with Crippen molar-refractivity contribution in [3.63, 3.8) is 0 Å². The number of benzene rings is 1. The Labute approximate surface area is 93.2 Å². The fraction of sp³-hybridized carbons (Fsp3) is 0.222. The van der Waals surface area contributed by atoms with Crippen molar-refractivity contribution >= 4 is 29.8 Å². The molecule has 78 valence electrons. The number of hydrogen-bond donors (Lipinski definition) is 2. The second-order valence-corrected chi connectivity index (χ2v) is 3.18. The lowest BCUT2D eigenvalue weighted by Gasteiger charge is -2.01. The first-order chi connectivity index (χ1) is 6.09. The Morgan fingerprint density at radius 2 is 2.14 bits per heavy atom. The van der Waals surface area contributed by atoms with Crippen LogP contribution < -0.4 is 5.73 Å². The van der Waals surface area contributed by atoms with Crippen LogP contribution in [0.2, 0.25) is 5.02 Å². The Bertz CT molecular complexity index is 329. The Morgan fingerprint density at radius 3 is 2.64 bits per heavy atom. The highest BCUT2D eigenvalue weighted by Crippen LogP contribution is 2.16. The largest absolute Gasteiger partial charge is 0.388 e. The highest BCUT2D eigenvalue weighted by Gasteiger charge is 2.00. The van der Waals surface area contributed by atoms with Crippen LogP contribution in [-0.2, 0) is 6.42 Å². The first kappa shape index (κ1) is 13.2. The van der Waals surface area contributed by atoms with Gasteiger partial charge in [-0.2, -0.15) is 0 Å². The summed E-state index contributed by atoms with van der Waals surface area (Å²) in [6.45, 7) is 0. The summed E-state index contributed by atoms with van der Waals surface area (Å²) in [4.78, 5) is 0. The summed E-state index contributed by atoms with van der Waals surface area (Å²) in [6, 6.07) is 4.52. The normalized spacial score (nSPS) is 9.29. The zero-order chi connectivity index (χ0) is 9.84. The van der Waals surface area contributed by atoms with Gasteiger partial charge < -0.3 is 5.73 Å². The Hall–Kier alpha value is -0.800. The molecule has 1 aromatic rings. The van der Waals surface area contributed by atoms with E-state index in [-0.39, 0.29) is 23.3 Å². The lowest BCUT2D eigenvalue weighted by Crippen LogP contribution is -2.10. The second-order valence-electron chi connectivity index (χ2n) is 2.77. The maximum Gasteiger partial charge on any atom is 0.141 e. The minimum Gasteiger partial charge on any atom is -0.388 e. The molecule has 3 N–H and O–H groups in total. The topological polar surface area (TPSA) is 49.9 Å². The third-order valence-corrected chi connectivity index (χ3v) is 1.96. The van der Waals surface area contributed by atoms with Crippen LogP contribution in [0, 0.1) is 11.2 Å². The van der Waals surface area contributed by atoms with Crippen LogP contribution in [0.15, 0.2) is 18.2 Å². The predicted octanol–water partition coefficient (Wildman–Crippen LogP) is 2.77. The molecule has 14 heavy (non-hydrogen) atoms. The van der Waals surface area contributed by atoms with Crippen molar-refractivity contribution in [2.24, 2.45) is 5.73 Å². The molecule has 0 radical (unpaired) electrons. The van der Waals surface area contributed by atoms with Gasteiger partial charge in [-0.05, 0) is 24.1 Å². The van der Waals surface area contributed by atoms with E-state index in [1.54, 1.807) is 12.1 Å². The van der Waals surface area contributed by atoms with Gasteiger partial charge in [0.25, 0.3) is 0 Å². The van der Waals surface area contributed by atoms with Crippen LogP contribution in [-0.4, -0.2) is 5.84 Å². The average molecular weight is 237 g/mol. The molecule has 0 unspecified atom stereocenters. The first-order valence-electron chi connectivity index (χ1n) is 3.86. The van der Waals surface area contributed by atoms with E-state index in [0.29, 0.717) is 12.8 Å². The number of nitrogens with one attached hydrogen (secondary N) is 1.